The highest BCUT2D eigenvalue weighted by molar-refractivity contribution is 6.30. The van der Waals surface area contributed by atoms with Gasteiger partial charge in [-0.2, -0.15) is 0 Å². The van der Waals surface area contributed by atoms with Crippen LogP contribution in [0.3, 0.4) is 0 Å². The molecule has 2 rings (SSSR count). The fourth-order valence-electron chi connectivity index (χ4n) is 1.65. The number of rotatable bonds is 3. The Hall–Kier alpha value is -1.39. The van der Waals surface area contributed by atoms with Gasteiger partial charge in [0.1, 0.15) is 0 Å². The van der Waals surface area contributed by atoms with Crippen molar-refractivity contribution < 1.29 is 0 Å². The third-order valence-corrected chi connectivity index (χ3v) is 2.97. The Morgan fingerprint density at radius 3 is 2.88 bits per heavy atom. The van der Waals surface area contributed by atoms with Crippen molar-refractivity contribution in [1.82, 2.24) is 15.0 Å². The minimum Gasteiger partial charge on any atom is -0.323 e. The molecule has 1 unspecified atom stereocenters. The number of nitrogens with two attached hydrogens (primary N) is 1. The second-order valence-corrected chi connectivity index (χ2v) is 4.47. The SMILES string of the molecule is CCC(N)c1cn(-c2ccc(Cl)cc2C)nn1. The summed E-state index contributed by atoms with van der Waals surface area (Å²) in [6.07, 6.45) is 2.71. The summed E-state index contributed by atoms with van der Waals surface area (Å²) in [5, 5.41) is 8.89. The second kappa shape index (κ2) is 4.85. The molecule has 1 aromatic carbocycles. The molecule has 90 valence electrons. The van der Waals surface area contributed by atoms with Crippen molar-refractivity contribution in [2.24, 2.45) is 5.73 Å². The van der Waals surface area contributed by atoms with Crippen LogP contribution in [0, 0.1) is 6.92 Å². The highest BCUT2D eigenvalue weighted by Crippen LogP contribution is 2.19. The van der Waals surface area contributed by atoms with Crippen molar-refractivity contribution in [1.29, 1.82) is 0 Å². The molecule has 0 aliphatic heterocycles. The molecule has 2 N–H and O–H groups in total. The highest BCUT2D eigenvalue weighted by atomic mass is 35.5. The quantitative estimate of drug-likeness (QED) is 0.911. The molecule has 4 nitrogen and oxygen atoms in total. The highest BCUT2D eigenvalue weighted by Gasteiger charge is 2.10. The molecule has 0 aliphatic carbocycles. The van der Waals surface area contributed by atoms with Crippen LogP contribution in [0.5, 0.6) is 0 Å². The van der Waals surface area contributed by atoms with E-state index in [-0.39, 0.29) is 6.04 Å². The maximum absolute atomic E-state index is 5.92. The van der Waals surface area contributed by atoms with Crippen molar-refractivity contribution in [3.63, 3.8) is 0 Å². The van der Waals surface area contributed by atoms with Gasteiger partial charge in [0.25, 0.3) is 0 Å². The fourth-order valence-corrected chi connectivity index (χ4v) is 1.88. The molecule has 0 aliphatic rings. The molecule has 17 heavy (non-hydrogen) atoms. The van der Waals surface area contributed by atoms with Gasteiger partial charge in [-0.1, -0.05) is 23.7 Å². The minimum atomic E-state index is -0.0589. The summed E-state index contributed by atoms with van der Waals surface area (Å²) in [5.74, 6) is 0. The Balaban J connectivity index is 2.37. The lowest BCUT2D eigenvalue weighted by atomic mass is 10.2. The van der Waals surface area contributed by atoms with Crippen LogP contribution in [0.2, 0.25) is 5.02 Å². The number of benzene rings is 1. The van der Waals surface area contributed by atoms with Gasteiger partial charge in [0.15, 0.2) is 0 Å². The van der Waals surface area contributed by atoms with Crippen molar-refractivity contribution >= 4 is 11.6 Å². The van der Waals surface area contributed by atoms with Crippen LogP contribution in [-0.2, 0) is 0 Å². The molecule has 0 saturated heterocycles. The van der Waals surface area contributed by atoms with Crippen LogP contribution in [0.25, 0.3) is 5.69 Å². The van der Waals surface area contributed by atoms with E-state index in [2.05, 4.69) is 10.3 Å². The van der Waals surface area contributed by atoms with Crippen LogP contribution in [0.15, 0.2) is 24.4 Å². The predicted molar refractivity (Wildman–Crippen MR) is 68.3 cm³/mol. The molecular formula is C12H15ClN4. The number of halogens is 1. The zero-order valence-electron chi connectivity index (χ0n) is 9.89. The van der Waals surface area contributed by atoms with Crippen molar-refractivity contribution in [3.05, 3.63) is 40.7 Å². The third kappa shape index (κ3) is 2.48. The molecule has 0 saturated carbocycles. The molecule has 0 spiro atoms. The Morgan fingerprint density at radius 1 is 1.47 bits per heavy atom. The monoisotopic (exact) mass is 250 g/mol. The van der Waals surface area contributed by atoms with Gasteiger partial charge in [0, 0.05) is 5.02 Å². The summed E-state index contributed by atoms with van der Waals surface area (Å²) in [7, 11) is 0. The second-order valence-electron chi connectivity index (χ2n) is 4.03. The van der Waals surface area contributed by atoms with Gasteiger partial charge >= 0.3 is 0 Å². The van der Waals surface area contributed by atoms with Crippen LogP contribution in [0.4, 0.5) is 0 Å². The van der Waals surface area contributed by atoms with Crippen LogP contribution >= 0.6 is 11.6 Å². The Bertz CT molecular complexity index is 521. The number of nitrogens with zero attached hydrogens (tertiary/aromatic N) is 3. The summed E-state index contributed by atoms with van der Waals surface area (Å²) >= 11 is 5.92. The molecule has 0 fully saturated rings. The van der Waals surface area contributed by atoms with Crippen molar-refractivity contribution in [2.45, 2.75) is 26.3 Å². The average Bonchev–Trinajstić information content (AvgIpc) is 2.77. The molecule has 0 amide bonds. The summed E-state index contributed by atoms with van der Waals surface area (Å²) < 4.78 is 1.73. The Labute approximate surface area is 105 Å². The van der Waals surface area contributed by atoms with Crippen LogP contribution in [-0.4, -0.2) is 15.0 Å². The summed E-state index contributed by atoms with van der Waals surface area (Å²) in [6.45, 7) is 4.01. The molecule has 1 atom stereocenters. The maximum atomic E-state index is 5.92. The predicted octanol–water partition coefficient (Wildman–Crippen LogP) is 2.64. The summed E-state index contributed by atoms with van der Waals surface area (Å²) in [5.41, 5.74) is 8.74. The van der Waals surface area contributed by atoms with E-state index in [4.69, 9.17) is 17.3 Å². The lowest BCUT2D eigenvalue weighted by molar-refractivity contribution is 0.670. The zero-order valence-corrected chi connectivity index (χ0v) is 10.6. The normalized spacial score (nSPS) is 12.7. The first-order chi connectivity index (χ1) is 8.11. The van der Waals surface area contributed by atoms with Gasteiger partial charge in [-0.25, -0.2) is 4.68 Å². The summed E-state index contributed by atoms with van der Waals surface area (Å²) in [4.78, 5) is 0. The fraction of sp³-hybridized carbons (Fsp3) is 0.333. The molecule has 2 aromatic rings. The first kappa shape index (κ1) is 12.1. The van der Waals surface area contributed by atoms with Gasteiger partial charge in [0.2, 0.25) is 0 Å². The number of hydrogen-bond acceptors (Lipinski definition) is 3. The minimum absolute atomic E-state index is 0.0589. The standard InChI is InChI=1S/C12H15ClN4/c1-3-10(14)11-7-17(16-15-11)12-5-4-9(13)6-8(12)2/h4-7,10H,3,14H2,1-2H3. The van der Waals surface area contributed by atoms with Gasteiger partial charge in [-0.15, -0.1) is 5.10 Å². The van der Waals surface area contributed by atoms with E-state index in [1.807, 2.05) is 38.2 Å². The van der Waals surface area contributed by atoms with E-state index in [0.717, 1.165) is 28.4 Å². The van der Waals surface area contributed by atoms with Crippen molar-refractivity contribution in [2.75, 3.05) is 0 Å². The zero-order chi connectivity index (χ0) is 12.4. The van der Waals surface area contributed by atoms with E-state index in [9.17, 15) is 0 Å². The summed E-state index contributed by atoms with van der Waals surface area (Å²) in [6, 6.07) is 5.60. The Morgan fingerprint density at radius 2 is 2.24 bits per heavy atom. The lowest BCUT2D eigenvalue weighted by Crippen LogP contribution is -2.08. The van der Waals surface area contributed by atoms with Crippen molar-refractivity contribution in [3.8, 4) is 5.69 Å². The van der Waals surface area contributed by atoms with Gasteiger partial charge in [-0.05, 0) is 37.1 Å². The molecule has 5 heteroatoms. The van der Waals surface area contributed by atoms with Gasteiger partial charge < -0.3 is 5.73 Å². The van der Waals surface area contributed by atoms with E-state index in [1.165, 1.54) is 0 Å². The first-order valence-electron chi connectivity index (χ1n) is 5.56. The number of aryl methyl sites for hydroxylation is 1. The van der Waals surface area contributed by atoms with Gasteiger partial charge in [0.05, 0.1) is 23.6 Å². The Kier molecular flexibility index (Phi) is 3.45. The van der Waals surface area contributed by atoms with Crippen LogP contribution < -0.4 is 5.73 Å². The molecule has 1 heterocycles. The van der Waals surface area contributed by atoms with E-state index in [1.54, 1.807) is 4.68 Å². The average molecular weight is 251 g/mol. The number of aromatic nitrogens is 3. The molecule has 1 aromatic heterocycles. The van der Waals surface area contributed by atoms with Gasteiger partial charge in [-0.3, -0.25) is 0 Å². The van der Waals surface area contributed by atoms with E-state index < -0.39 is 0 Å². The van der Waals surface area contributed by atoms with Crippen LogP contribution in [0.1, 0.15) is 30.6 Å². The first-order valence-corrected chi connectivity index (χ1v) is 5.94. The van der Waals surface area contributed by atoms with E-state index in [0.29, 0.717) is 0 Å². The molecular weight excluding hydrogens is 236 g/mol. The van der Waals surface area contributed by atoms with E-state index >= 15 is 0 Å². The smallest absolute Gasteiger partial charge is 0.0998 e. The molecule has 0 bridgehead atoms. The third-order valence-electron chi connectivity index (χ3n) is 2.74. The topological polar surface area (TPSA) is 56.7 Å². The molecule has 0 radical (unpaired) electrons. The lowest BCUT2D eigenvalue weighted by Gasteiger charge is -2.05. The number of hydrogen-bond donors (Lipinski definition) is 1. The maximum Gasteiger partial charge on any atom is 0.0998 e. The largest absolute Gasteiger partial charge is 0.323 e.